The summed E-state index contributed by atoms with van der Waals surface area (Å²) in [6.45, 7) is 0. The summed E-state index contributed by atoms with van der Waals surface area (Å²) in [7, 11) is 0. The molecule has 59 heavy (non-hydrogen) atoms. The summed E-state index contributed by atoms with van der Waals surface area (Å²) in [5, 5.41) is 12.2. The van der Waals surface area contributed by atoms with Gasteiger partial charge in [0.2, 0.25) is 0 Å². The van der Waals surface area contributed by atoms with E-state index in [4.69, 9.17) is 4.98 Å². The lowest BCUT2D eigenvalue weighted by Gasteiger charge is -2.20. The molecule has 3 heterocycles. The van der Waals surface area contributed by atoms with E-state index in [1.807, 2.05) is 30.6 Å². The molecule has 0 atom stereocenters. The zero-order valence-corrected chi connectivity index (χ0v) is 32.0. The molecular weight excluding hydrogens is 715 g/mol. The van der Waals surface area contributed by atoms with Gasteiger partial charge in [0.1, 0.15) is 0 Å². The second kappa shape index (κ2) is 13.4. The third kappa shape index (κ3) is 5.29. The Bertz CT molecular complexity index is 3590. The molecule has 3 nitrogen and oxygen atoms in total. The molecule has 12 rings (SSSR count). The highest BCUT2D eigenvalue weighted by atomic mass is 15.0. The van der Waals surface area contributed by atoms with Gasteiger partial charge in [0.25, 0.3) is 0 Å². The van der Waals surface area contributed by atoms with Gasteiger partial charge in [-0.3, -0.25) is 9.97 Å². The molecule has 3 aromatic heterocycles. The molecule has 9 aromatic carbocycles. The first-order chi connectivity index (χ1) is 29.3. The van der Waals surface area contributed by atoms with Crippen molar-refractivity contribution in [3.8, 4) is 50.5 Å². The predicted octanol–water partition coefficient (Wildman–Crippen LogP) is 14.9. The van der Waals surface area contributed by atoms with Gasteiger partial charge >= 0.3 is 0 Å². The van der Waals surface area contributed by atoms with E-state index in [1.54, 1.807) is 0 Å². The number of hydrogen-bond donors (Lipinski definition) is 0. The summed E-state index contributed by atoms with van der Waals surface area (Å²) in [4.78, 5) is 9.57. The predicted molar refractivity (Wildman–Crippen MR) is 248 cm³/mol. The second-order valence-corrected chi connectivity index (χ2v) is 15.3. The van der Waals surface area contributed by atoms with Crippen molar-refractivity contribution in [3.05, 3.63) is 213 Å². The zero-order valence-electron chi connectivity index (χ0n) is 32.0. The Hall–Kier alpha value is -7.88. The first-order valence-electron chi connectivity index (χ1n) is 20.1. The molecule has 0 bridgehead atoms. The molecule has 274 valence electrons. The van der Waals surface area contributed by atoms with Gasteiger partial charge in [-0.1, -0.05) is 152 Å². The van der Waals surface area contributed by atoms with Gasteiger partial charge in [-0.15, -0.1) is 0 Å². The number of fused-ring (bicyclic) bond motifs is 7. The van der Waals surface area contributed by atoms with Crippen LogP contribution in [0.25, 0.3) is 115 Å². The van der Waals surface area contributed by atoms with Gasteiger partial charge in [0, 0.05) is 22.7 Å². The van der Waals surface area contributed by atoms with E-state index in [0.29, 0.717) is 0 Å². The van der Waals surface area contributed by atoms with Crippen LogP contribution in [0.4, 0.5) is 0 Å². The average Bonchev–Trinajstić information content (AvgIpc) is 3.64. The van der Waals surface area contributed by atoms with Crippen molar-refractivity contribution in [3.63, 3.8) is 0 Å². The maximum atomic E-state index is 4.93. The Balaban J connectivity index is 1.16. The van der Waals surface area contributed by atoms with Crippen molar-refractivity contribution in [1.82, 2.24) is 14.5 Å². The SMILES string of the molecule is c1ccc(-n2c3ccc(-c4ccc5c(-c6cccc7ccccc67)c6ccccc6c(-c6cccc7ccccc67)c5c4)cc3c3cc(-c4ccccn4)ncc32)cc1. The summed E-state index contributed by atoms with van der Waals surface area (Å²) in [5.74, 6) is 0. The molecule has 0 aliphatic heterocycles. The Labute approximate surface area is 341 Å². The summed E-state index contributed by atoms with van der Waals surface area (Å²) in [5.41, 5.74) is 12.3. The van der Waals surface area contributed by atoms with E-state index in [2.05, 4.69) is 192 Å². The molecule has 0 fully saturated rings. The van der Waals surface area contributed by atoms with Crippen molar-refractivity contribution in [2.45, 2.75) is 0 Å². The lowest BCUT2D eigenvalue weighted by atomic mass is 9.83. The largest absolute Gasteiger partial charge is 0.308 e. The Morgan fingerprint density at radius 1 is 0.322 bits per heavy atom. The van der Waals surface area contributed by atoms with Gasteiger partial charge in [-0.2, -0.15) is 0 Å². The molecule has 12 aromatic rings. The molecular formula is C56H35N3. The molecule has 0 N–H and O–H groups in total. The van der Waals surface area contributed by atoms with Gasteiger partial charge in [-0.25, -0.2) is 0 Å². The maximum absolute atomic E-state index is 4.93. The topological polar surface area (TPSA) is 30.7 Å². The van der Waals surface area contributed by atoms with Gasteiger partial charge in [0.15, 0.2) is 0 Å². The monoisotopic (exact) mass is 749 g/mol. The van der Waals surface area contributed by atoms with Gasteiger partial charge in [0.05, 0.1) is 28.6 Å². The maximum Gasteiger partial charge on any atom is 0.0893 e. The summed E-state index contributed by atoms with van der Waals surface area (Å²) in [6.07, 6.45) is 3.83. The van der Waals surface area contributed by atoms with E-state index < -0.39 is 0 Å². The number of nitrogens with zero attached hydrogens (tertiary/aromatic N) is 3. The summed E-state index contributed by atoms with van der Waals surface area (Å²) < 4.78 is 2.32. The van der Waals surface area contributed by atoms with E-state index in [1.165, 1.54) is 76.3 Å². The fourth-order valence-corrected chi connectivity index (χ4v) is 9.43. The average molecular weight is 750 g/mol. The van der Waals surface area contributed by atoms with Crippen LogP contribution in [0.1, 0.15) is 0 Å². The van der Waals surface area contributed by atoms with Crippen LogP contribution < -0.4 is 0 Å². The first-order valence-corrected chi connectivity index (χ1v) is 20.1. The minimum Gasteiger partial charge on any atom is -0.308 e. The fraction of sp³-hybridized carbons (Fsp3) is 0. The number of aromatic nitrogens is 3. The van der Waals surface area contributed by atoms with Crippen molar-refractivity contribution in [2.75, 3.05) is 0 Å². The third-order valence-corrected chi connectivity index (χ3v) is 12.1. The number of hydrogen-bond acceptors (Lipinski definition) is 2. The van der Waals surface area contributed by atoms with Gasteiger partial charge in [-0.05, 0) is 125 Å². The minimum absolute atomic E-state index is 0.855. The quantitative estimate of drug-likeness (QED) is 0.164. The van der Waals surface area contributed by atoms with Crippen molar-refractivity contribution < 1.29 is 0 Å². The number of pyridine rings is 2. The number of para-hydroxylation sites is 1. The Kier molecular flexibility index (Phi) is 7.54. The Morgan fingerprint density at radius 3 is 1.54 bits per heavy atom. The highest BCUT2D eigenvalue weighted by Crippen LogP contribution is 2.48. The van der Waals surface area contributed by atoms with Crippen LogP contribution in [0, 0.1) is 0 Å². The molecule has 0 saturated heterocycles. The lowest BCUT2D eigenvalue weighted by molar-refractivity contribution is 1.16. The van der Waals surface area contributed by atoms with Crippen molar-refractivity contribution in [2.24, 2.45) is 0 Å². The lowest BCUT2D eigenvalue weighted by Crippen LogP contribution is -1.94. The molecule has 0 unspecified atom stereocenters. The highest BCUT2D eigenvalue weighted by Gasteiger charge is 2.21. The highest BCUT2D eigenvalue weighted by molar-refractivity contribution is 6.26. The molecule has 0 amide bonds. The van der Waals surface area contributed by atoms with Crippen molar-refractivity contribution >= 4 is 64.9 Å². The van der Waals surface area contributed by atoms with Crippen LogP contribution in [0.15, 0.2) is 213 Å². The number of rotatable bonds is 5. The molecule has 0 aliphatic carbocycles. The molecule has 0 aliphatic rings. The van der Waals surface area contributed by atoms with Crippen LogP contribution in [0.5, 0.6) is 0 Å². The standard InChI is InChI=1S/C56H35N3/c1-2-18-40(19-3-1)59-53-30-28-39(32-48(53)49-34-52(58-35-54(49)59)51-26-10-11-31-57-51)38-27-29-47-50(33-38)56(44-25-13-17-37-15-5-7-21-42(37)44)46-23-9-8-22-45(46)55(47)43-24-12-16-36-14-4-6-20-41(36)43/h1-35H. The summed E-state index contributed by atoms with van der Waals surface area (Å²) in [6, 6.07) is 72.7. The second-order valence-electron chi connectivity index (χ2n) is 15.3. The fourth-order valence-electron chi connectivity index (χ4n) is 9.43. The van der Waals surface area contributed by atoms with Crippen LogP contribution in [-0.4, -0.2) is 14.5 Å². The molecule has 0 saturated carbocycles. The number of benzene rings is 9. The van der Waals surface area contributed by atoms with Crippen LogP contribution >= 0.6 is 0 Å². The normalized spacial score (nSPS) is 11.7. The molecule has 3 heteroatoms. The van der Waals surface area contributed by atoms with E-state index in [0.717, 1.165) is 39.1 Å². The Morgan fingerprint density at radius 2 is 0.864 bits per heavy atom. The summed E-state index contributed by atoms with van der Waals surface area (Å²) >= 11 is 0. The smallest absolute Gasteiger partial charge is 0.0893 e. The molecule has 0 spiro atoms. The van der Waals surface area contributed by atoms with E-state index in [9.17, 15) is 0 Å². The first kappa shape index (κ1) is 33.3. The van der Waals surface area contributed by atoms with E-state index >= 15 is 0 Å². The van der Waals surface area contributed by atoms with Crippen LogP contribution in [0.3, 0.4) is 0 Å². The van der Waals surface area contributed by atoms with Crippen LogP contribution in [0.2, 0.25) is 0 Å². The zero-order chi connectivity index (χ0) is 38.9. The van der Waals surface area contributed by atoms with E-state index in [-0.39, 0.29) is 0 Å². The van der Waals surface area contributed by atoms with Crippen LogP contribution in [-0.2, 0) is 0 Å². The minimum atomic E-state index is 0.855. The third-order valence-electron chi connectivity index (χ3n) is 12.1. The van der Waals surface area contributed by atoms with Crippen molar-refractivity contribution in [1.29, 1.82) is 0 Å². The molecule has 0 radical (unpaired) electrons. The van der Waals surface area contributed by atoms with Gasteiger partial charge < -0.3 is 4.57 Å².